The van der Waals surface area contributed by atoms with Crippen LogP contribution in [0.4, 0.5) is 5.88 Å². The maximum Gasteiger partial charge on any atom is 0.258 e. The van der Waals surface area contributed by atoms with Crippen LogP contribution >= 0.6 is 0 Å². The first-order valence-corrected chi connectivity index (χ1v) is 13.9. The Balaban J connectivity index is 1.57. The van der Waals surface area contributed by atoms with Crippen molar-refractivity contribution in [1.29, 1.82) is 0 Å². The van der Waals surface area contributed by atoms with E-state index in [0.717, 1.165) is 44.7 Å². The molecule has 1 aromatic carbocycles. The van der Waals surface area contributed by atoms with Crippen molar-refractivity contribution in [2.45, 2.75) is 58.0 Å². The smallest absolute Gasteiger partial charge is 0.258 e. The Kier molecular flexibility index (Phi) is 7.63. The molecule has 2 aromatic rings. The number of carbonyl (C=O) groups is 1. The Morgan fingerprint density at radius 1 is 1.15 bits per heavy atom. The van der Waals surface area contributed by atoms with Crippen molar-refractivity contribution < 1.29 is 22.4 Å². The zero-order valence-corrected chi connectivity index (χ0v) is 20.2. The highest BCUT2D eigenvalue weighted by Gasteiger charge is 2.36. The summed E-state index contributed by atoms with van der Waals surface area (Å²) in [6.07, 6.45) is 5.87. The summed E-state index contributed by atoms with van der Waals surface area (Å²) >= 11 is 0. The minimum Gasteiger partial charge on any atom is -0.493 e. The summed E-state index contributed by atoms with van der Waals surface area (Å²) in [7, 11) is -3.15. The number of carbonyl (C=O) groups excluding carboxylic acids is 1. The molecule has 0 bridgehead atoms. The van der Waals surface area contributed by atoms with E-state index in [1.807, 2.05) is 24.3 Å². The van der Waals surface area contributed by atoms with Crippen LogP contribution in [0.1, 0.15) is 61.6 Å². The van der Waals surface area contributed by atoms with E-state index in [9.17, 15) is 13.2 Å². The van der Waals surface area contributed by atoms with Crippen LogP contribution in [0.25, 0.3) is 0 Å². The Hall–Kier alpha value is -2.48. The highest BCUT2D eigenvalue weighted by atomic mass is 32.2. The molecule has 1 amide bonds. The maximum absolute atomic E-state index is 13.7. The van der Waals surface area contributed by atoms with Gasteiger partial charge in [0.05, 0.1) is 30.2 Å². The van der Waals surface area contributed by atoms with Crippen LogP contribution in [-0.2, 0) is 16.4 Å². The van der Waals surface area contributed by atoms with Crippen molar-refractivity contribution >= 4 is 21.6 Å². The summed E-state index contributed by atoms with van der Waals surface area (Å²) in [4.78, 5) is 17.6. The second-order valence-electron chi connectivity index (χ2n) is 8.98. The Bertz CT molecular complexity index is 1040. The first kappa shape index (κ1) is 23.7. The molecule has 33 heavy (non-hydrogen) atoms. The SMILES string of the molecule is CCCCOc1ccccc1C(=O)N(Cc1ccc(N2CCCCC2)o1)C1CCS(=O)(=O)C1. The third kappa shape index (κ3) is 5.91. The third-order valence-electron chi connectivity index (χ3n) is 6.42. The fourth-order valence-electron chi connectivity index (χ4n) is 4.54. The van der Waals surface area contributed by atoms with E-state index >= 15 is 0 Å². The van der Waals surface area contributed by atoms with Gasteiger partial charge in [0.25, 0.3) is 5.91 Å². The topological polar surface area (TPSA) is 80.1 Å². The number of rotatable bonds is 9. The van der Waals surface area contributed by atoms with Crippen LogP contribution in [0.2, 0.25) is 0 Å². The van der Waals surface area contributed by atoms with Crippen LogP contribution in [0.3, 0.4) is 0 Å². The first-order chi connectivity index (χ1) is 16.0. The molecule has 1 aromatic heterocycles. The van der Waals surface area contributed by atoms with Crippen molar-refractivity contribution in [3.63, 3.8) is 0 Å². The van der Waals surface area contributed by atoms with Crippen molar-refractivity contribution in [2.24, 2.45) is 0 Å². The van der Waals surface area contributed by atoms with Gasteiger partial charge in [0, 0.05) is 25.2 Å². The summed E-state index contributed by atoms with van der Waals surface area (Å²) < 4.78 is 36.4. The lowest BCUT2D eigenvalue weighted by molar-refractivity contribution is 0.0662. The Labute approximate surface area is 196 Å². The lowest BCUT2D eigenvalue weighted by Crippen LogP contribution is -2.40. The highest BCUT2D eigenvalue weighted by molar-refractivity contribution is 7.91. The molecule has 0 aliphatic carbocycles. The van der Waals surface area contributed by atoms with E-state index in [-0.39, 0.29) is 30.0 Å². The van der Waals surface area contributed by atoms with E-state index in [0.29, 0.717) is 30.1 Å². The number of ether oxygens (including phenoxy) is 1. The molecule has 0 spiro atoms. The lowest BCUT2D eigenvalue weighted by atomic mass is 10.1. The zero-order chi connectivity index (χ0) is 23.3. The van der Waals surface area contributed by atoms with Gasteiger partial charge >= 0.3 is 0 Å². The molecule has 2 aliphatic heterocycles. The Morgan fingerprint density at radius 2 is 1.94 bits per heavy atom. The van der Waals surface area contributed by atoms with Gasteiger partial charge in [-0.25, -0.2) is 8.42 Å². The molecule has 4 rings (SSSR count). The van der Waals surface area contributed by atoms with Gasteiger partial charge in [0.1, 0.15) is 11.5 Å². The van der Waals surface area contributed by atoms with E-state index in [4.69, 9.17) is 9.15 Å². The Morgan fingerprint density at radius 3 is 2.67 bits per heavy atom. The fourth-order valence-corrected chi connectivity index (χ4v) is 6.27. The van der Waals surface area contributed by atoms with E-state index < -0.39 is 9.84 Å². The largest absolute Gasteiger partial charge is 0.493 e. The molecule has 2 aliphatic rings. The second-order valence-corrected chi connectivity index (χ2v) is 11.2. The highest BCUT2D eigenvalue weighted by Crippen LogP contribution is 2.28. The van der Waals surface area contributed by atoms with Crippen LogP contribution in [0.15, 0.2) is 40.8 Å². The number of sulfone groups is 1. The van der Waals surface area contributed by atoms with Gasteiger partial charge in [0.2, 0.25) is 0 Å². The molecule has 8 heteroatoms. The van der Waals surface area contributed by atoms with Crippen LogP contribution < -0.4 is 9.64 Å². The number of amides is 1. The van der Waals surface area contributed by atoms with Gasteiger partial charge in [0.15, 0.2) is 15.7 Å². The number of piperidine rings is 1. The van der Waals surface area contributed by atoms with E-state index in [1.165, 1.54) is 6.42 Å². The molecule has 2 saturated heterocycles. The quantitative estimate of drug-likeness (QED) is 0.505. The number of hydrogen-bond donors (Lipinski definition) is 0. The molecule has 7 nitrogen and oxygen atoms in total. The standard InChI is InChI=1S/C25H34N2O5S/c1-2-3-16-31-23-10-6-5-9-22(23)25(28)27(20-13-17-33(29,30)19-20)18-21-11-12-24(32-21)26-14-7-4-8-15-26/h5-6,9-12,20H,2-4,7-8,13-19H2,1H3. The summed E-state index contributed by atoms with van der Waals surface area (Å²) in [6, 6.07) is 10.7. The molecule has 180 valence electrons. The molecule has 3 heterocycles. The van der Waals surface area contributed by atoms with Gasteiger partial charge in [-0.3, -0.25) is 4.79 Å². The van der Waals surface area contributed by atoms with E-state index in [1.54, 1.807) is 17.0 Å². The van der Waals surface area contributed by atoms with Gasteiger partial charge in [-0.05, 0) is 50.3 Å². The van der Waals surface area contributed by atoms with Crippen molar-refractivity contribution in [2.75, 3.05) is 36.1 Å². The number of benzene rings is 1. The molecule has 1 unspecified atom stereocenters. The first-order valence-electron chi connectivity index (χ1n) is 12.0. The molecule has 0 saturated carbocycles. The van der Waals surface area contributed by atoms with Crippen LogP contribution in [0, 0.1) is 0 Å². The second kappa shape index (κ2) is 10.6. The minimum atomic E-state index is -3.15. The van der Waals surface area contributed by atoms with Gasteiger partial charge in [-0.15, -0.1) is 0 Å². The van der Waals surface area contributed by atoms with Crippen molar-refractivity contribution in [1.82, 2.24) is 4.90 Å². The molecule has 0 N–H and O–H groups in total. The average molecular weight is 475 g/mol. The predicted molar refractivity (Wildman–Crippen MR) is 129 cm³/mol. The lowest BCUT2D eigenvalue weighted by Gasteiger charge is -2.29. The molecule has 2 fully saturated rings. The van der Waals surface area contributed by atoms with Crippen LogP contribution in [-0.4, -0.2) is 56.5 Å². The summed E-state index contributed by atoms with van der Waals surface area (Å²) in [5, 5.41) is 0. The molecular formula is C25H34N2O5S. The maximum atomic E-state index is 13.7. The van der Waals surface area contributed by atoms with Gasteiger partial charge in [-0.2, -0.15) is 0 Å². The summed E-state index contributed by atoms with van der Waals surface area (Å²) in [6.45, 7) is 4.80. The molecule has 1 atom stereocenters. The fraction of sp³-hybridized carbons (Fsp3) is 0.560. The zero-order valence-electron chi connectivity index (χ0n) is 19.4. The van der Waals surface area contributed by atoms with Crippen molar-refractivity contribution in [3.05, 3.63) is 47.7 Å². The van der Waals surface area contributed by atoms with E-state index in [2.05, 4.69) is 11.8 Å². The van der Waals surface area contributed by atoms with Crippen molar-refractivity contribution in [3.8, 4) is 5.75 Å². The number of furan rings is 1. The summed E-state index contributed by atoms with van der Waals surface area (Å²) in [5.74, 6) is 1.89. The normalized spacial score (nSPS) is 20.0. The number of para-hydroxylation sites is 1. The summed E-state index contributed by atoms with van der Waals surface area (Å²) in [5.41, 5.74) is 0.459. The minimum absolute atomic E-state index is 0.0166. The average Bonchev–Trinajstić information content (AvgIpc) is 3.44. The third-order valence-corrected chi connectivity index (χ3v) is 8.17. The van der Waals surface area contributed by atoms with Gasteiger partial charge in [-0.1, -0.05) is 25.5 Å². The number of hydrogen-bond acceptors (Lipinski definition) is 6. The molecular weight excluding hydrogens is 440 g/mol. The number of nitrogens with zero attached hydrogens (tertiary/aromatic N) is 2. The monoisotopic (exact) mass is 474 g/mol. The molecule has 0 radical (unpaired) electrons. The number of unbranched alkanes of at least 4 members (excludes halogenated alkanes) is 1. The number of anilines is 1. The predicted octanol–water partition coefficient (Wildman–Crippen LogP) is 4.28. The van der Waals surface area contributed by atoms with Crippen LogP contribution in [0.5, 0.6) is 5.75 Å². The van der Waals surface area contributed by atoms with Gasteiger partial charge < -0.3 is 19.0 Å².